The fourth-order valence-electron chi connectivity index (χ4n) is 2.18. The number of hydrogen-bond acceptors (Lipinski definition) is 6. The number of amides is 1. The van der Waals surface area contributed by atoms with Crippen molar-refractivity contribution in [3.05, 3.63) is 65.2 Å². The van der Waals surface area contributed by atoms with Gasteiger partial charge < -0.3 is 15.4 Å². The lowest BCUT2D eigenvalue weighted by atomic mass is 10.2. The molecule has 0 unspecified atom stereocenters. The zero-order valence-corrected chi connectivity index (χ0v) is 14.8. The summed E-state index contributed by atoms with van der Waals surface area (Å²) in [6, 6.07) is 16.2. The van der Waals surface area contributed by atoms with Crippen LogP contribution in [0.15, 0.2) is 53.9 Å². The van der Waals surface area contributed by atoms with E-state index in [0.717, 1.165) is 11.4 Å². The van der Waals surface area contributed by atoms with Crippen molar-refractivity contribution in [1.29, 1.82) is 5.26 Å². The molecular weight excluding hydrogens is 348 g/mol. The third kappa shape index (κ3) is 4.37. The first-order chi connectivity index (χ1) is 12.7. The molecule has 130 valence electrons. The number of aromatic nitrogens is 1. The molecule has 0 fully saturated rings. The van der Waals surface area contributed by atoms with Crippen LogP contribution in [-0.2, 0) is 0 Å². The van der Waals surface area contributed by atoms with Gasteiger partial charge in [-0.05, 0) is 55.5 Å². The number of anilines is 3. The molecule has 3 aromatic rings. The number of carbonyl (C=O) groups is 1. The van der Waals surface area contributed by atoms with Crippen LogP contribution in [0.4, 0.5) is 16.5 Å². The van der Waals surface area contributed by atoms with E-state index in [4.69, 9.17) is 10.00 Å². The van der Waals surface area contributed by atoms with Crippen LogP contribution in [0, 0.1) is 11.3 Å². The van der Waals surface area contributed by atoms with Crippen LogP contribution in [-0.4, -0.2) is 17.5 Å². The maximum absolute atomic E-state index is 12.3. The molecule has 2 aromatic carbocycles. The zero-order chi connectivity index (χ0) is 18.4. The summed E-state index contributed by atoms with van der Waals surface area (Å²) in [7, 11) is 0. The predicted octanol–water partition coefficient (Wildman–Crippen LogP) is 4.41. The Balaban J connectivity index is 1.63. The van der Waals surface area contributed by atoms with Gasteiger partial charge in [-0.3, -0.25) is 4.79 Å². The van der Waals surface area contributed by atoms with Crippen molar-refractivity contribution < 1.29 is 9.53 Å². The molecule has 0 atom stereocenters. The van der Waals surface area contributed by atoms with Crippen LogP contribution >= 0.6 is 11.3 Å². The molecule has 0 aliphatic carbocycles. The lowest BCUT2D eigenvalue weighted by molar-refractivity contribution is 0.102. The van der Waals surface area contributed by atoms with E-state index in [9.17, 15) is 4.79 Å². The Hall–Kier alpha value is -3.37. The molecule has 0 saturated heterocycles. The van der Waals surface area contributed by atoms with Gasteiger partial charge >= 0.3 is 0 Å². The lowest BCUT2D eigenvalue weighted by Crippen LogP contribution is -2.12. The van der Waals surface area contributed by atoms with Gasteiger partial charge in [0, 0.05) is 16.8 Å². The summed E-state index contributed by atoms with van der Waals surface area (Å²) < 4.78 is 5.41. The first-order valence-corrected chi connectivity index (χ1v) is 8.83. The van der Waals surface area contributed by atoms with E-state index < -0.39 is 0 Å². The van der Waals surface area contributed by atoms with E-state index in [1.54, 1.807) is 29.6 Å². The number of hydrogen-bond donors (Lipinski definition) is 2. The number of nitriles is 1. The van der Waals surface area contributed by atoms with Crippen molar-refractivity contribution in [1.82, 2.24) is 4.98 Å². The number of nitrogens with one attached hydrogen (secondary N) is 2. The summed E-state index contributed by atoms with van der Waals surface area (Å²) in [6.45, 7) is 2.56. The molecule has 1 amide bonds. The molecular formula is C19H16N4O2S. The van der Waals surface area contributed by atoms with Crippen LogP contribution in [0.2, 0.25) is 0 Å². The summed E-state index contributed by atoms with van der Waals surface area (Å²) in [5, 5.41) is 17.0. The van der Waals surface area contributed by atoms with Crippen molar-refractivity contribution in [3.8, 4) is 11.8 Å². The molecule has 2 N–H and O–H groups in total. The Morgan fingerprint density at radius 3 is 2.50 bits per heavy atom. The number of nitrogens with zero attached hydrogens (tertiary/aromatic N) is 2. The fraction of sp³-hybridized carbons (Fsp3) is 0.105. The minimum absolute atomic E-state index is 0.300. The second-order valence-electron chi connectivity index (χ2n) is 5.26. The highest BCUT2D eigenvalue weighted by Crippen LogP contribution is 2.23. The quantitative estimate of drug-likeness (QED) is 0.676. The number of carbonyl (C=O) groups excluding carboxylic acids is 1. The van der Waals surface area contributed by atoms with E-state index in [0.29, 0.717) is 28.7 Å². The number of rotatable bonds is 6. The van der Waals surface area contributed by atoms with Gasteiger partial charge in [-0.2, -0.15) is 5.26 Å². The first-order valence-electron chi connectivity index (χ1n) is 7.95. The molecule has 0 aliphatic rings. The van der Waals surface area contributed by atoms with E-state index >= 15 is 0 Å². The summed E-state index contributed by atoms with van der Waals surface area (Å²) in [6.07, 6.45) is 0. The molecule has 0 spiro atoms. The second-order valence-corrected chi connectivity index (χ2v) is 6.12. The van der Waals surface area contributed by atoms with Crippen LogP contribution < -0.4 is 15.4 Å². The van der Waals surface area contributed by atoms with E-state index in [2.05, 4.69) is 15.6 Å². The maximum Gasteiger partial charge on any atom is 0.275 e. The standard InChI is InChI=1S/C19H16N4O2S/c1-2-25-16-9-7-15(8-10-16)22-19-23-17(12-26-19)18(24)21-14-5-3-13(11-20)4-6-14/h3-10,12H,2H2,1H3,(H,21,24)(H,22,23). The van der Waals surface area contributed by atoms with Crippen molar-refractivity contribution in [3.63, 3.8) is 0 Å². The zero-order valence-electron chi connectivity index (χ0n) is 14.0. The number of ether oxygens (including phenoxy) is 1. The molecule has 0 saturated carbocycles. The highest BCUT2D eigenvalue weighted by atomic mass is 32.1. The third-order valence-corrected chi connectivity index (χ3v) is 4.18. The van der Waals surface area contributed by atoms with Crippen molar-refractivity contribution in [2.75, 3.05) is 17.2 Å². The molecule has 26 heavy (non-hydrogen) atoms. The molecule has 6 nitrogen and oxygen atoms in total. The number of thiazole rings is 1. The monoisotopic (exact) mass is 364 g/mol. The van der Waals surface area contributed by atoms with Gasteiger partial charge in [0.1, 0.15) is 11.4 Å². The Morgan fingerprint density at radius 2 is 1.85 bits per heavy atom. The Kier molecular flexibility index (Phi) is 5.46. The summed E-state index contributed by atoms with van der Waals surface area (Å²) in [5.41, 5.74) is 2.34. The van der Waals surface area contributed by atoms with Crippen LogP contribution in [0.25, 0.3) is 0 Å². The average molecular weight is 364 g/mol. The van der Waals surface area contributed by atoms with E-state index in [1.165, 1.54) is 11.3 Å². The third-order valence-electron chi connectivity index (χ3n) is 3.43. The van der Waals surface area contributed by atoms with E-state index in [1.807, 2.05) is 37.3 Å². The molecule has 1 aromatic heterocycles. The highest BCUT2D eigenvalue weighted by molar-refractivity contribution is 7.14. The van der Waals surface area contributed by atoms with Gasteiger partial charge in [-0.15, -0.1) is 11.3 Å². The minimum atomic E-state index is -0.300. The SMILES string of the molecule is CCOc1ccc(Nc2nc(C(=O)Nc3ccc(C#N)cc3)cs2)cc1. The van der Waals surface area contributed by atoms with Crippen LogP contribution in [0.5, 0.6) is 5.75 Å². The fourth-order valence-corrected chi connectivity index (χ4v) is 2.89. The predicted molar refractivity (Wildman–Crippen MR) is 102 cm³/mol. The Bertz CT molecular complexity index is 927. The summed E-state index contributed by atoms with van der Waals surface area (Å²) in [5.74, 6) is 0.505. The average Bonchev–Trinajstić information content (AvgIpc) is 3.13. The van der Waals surface area contributed by atoms with Gasteiger partial charge in [-0.1, -0.05) is 0 Å². The van der Waals surface area contributed by atoms with Gasteiger partial charge in [0.2, 0.25) is 0 Å². The summed E-state index contributed by atoms with van der Waals surface area (Å²) >= 11 is 1.35. The minimum Gasteiger partial charge on any atom is -0.494 e. The first kappa shape index (κ1) is 17.5. The molecule has 0 bridgehead atoms. The highest BCUT2D eigenvalue weighted by Gasteiger charge is 2.11. The van der Waals surface area contributed by atoms with Crippen LogP contribution in [0.3, 0.4) is 0 Å². The number of benzene rings is 2. The largest absolute Gasteiger partial charge is 0.494 e. The smallest absolute Gasteiger partial charge is 0.275 e. The van der Waals surface area contributed by atoms with Crippen LogP contribution in [0.1, 0.15) is 23.0 Å². The summed E-state index contributed by atoms with van der Waals surface area (Å²) in [4.78, 5) is 16.6. The molecule has 1 heterocycles. The maximum atomic E-state index is 12.3. The van der Waals surface area contributed by atoms with E-state index in [-0.39, 0.29) is 5.91 Å². The Morgan fingerprint density at radius 1 is 1.15 bits per heavy atom. The normalized spacial score (nSPS) is 10.0. The van der Waals surface area contributed by atoms with Gasteiger partial charge in [-0.25, -0.2) is 4.98 Å². The molecule has 0 radical (unpaired) electrons. The topological polar surface area (TPSA) is 87.0 Å². The van der Waals surface area contributed by atoms with Gasteiger partial charge in [0.05, 0.1) is 18.2 Å². The second kappa shape index (κ2) is 8.14. The lowest BCUT2D eigenvalue weighted by Gasteiger charge is -2.05. The van der Waals surface area contributed by atoms with Gasteiger partial charge in [0.25, 0.3) is 5.91 Å². The molecule has 7 heteroatoms. The Labute approximate surface area is 155 Å². The van der Waals surface area contributed by atoms with Crippen molar-refractivity contribution >= 4 is 33.8 Å². The molecule has 3 rings (SSSR count). The van der Waals surface area contributed by atoms with Crippen molar-refractivity contribution in [2.45, 2.75) is 6.92 Å². The van der Waals surface area contributed by atoms with Gasteiger partial charge in [0.15, 0.2) is 5.13 Å². The van der Waals surface area contributed by atoms with Crippen molar-refractivity contribution in [2.24, 2.45) is 0 Å². The molecule has 0 aliphatic heterocycles.